The molecule has 0 bridgehead atoms. The highest BCUT2D eigenvalue weighted by molar-refractivity contribution is 5.85. The molecule has 2 rings (SSSR count). The topological polar surface area (TPSA) is 30.5 Å². The van der Waals surface area contributed by atoms with Gasteiger partial charge in [-0.3, -0.25) is 0 Å². The third kappa shape index (κ3) is 7.86. The van der Waals surface area contributed by atoms with E-state index >= 15 is 0 Å². The van der Waals surface area contributed by atoms with E-state index in [-0.39, 0.29) is 30.9 Å². The molecule has 0 radical (unpaired) electrons. The van der Waals surface area contributed by atoms with Crippen LogP contribution in [0.2, 0.25) is 0 Å². The molecule has 5 heteroatoms. The maximum Gasteiger partial charge on any atom is 0.129 e. The van der Waals surface area contributed by atoms with Gasteiger partial charge in [-0.05, 0) is 38.9 Å². The largest absolute Gasteiger partial charge is 0.488 e. The van der Waals surface area contributed by atoms with Gasteiger partial charge in [-0.2, -0.15) is 0 Å². The lowest BCUT2D eigenvalue weighted by Crippen LogP contribution is -2.18. The number of hydrogen-bond donors (Lipinski definition) is 1. The molecule has 0 saturated heterocycles. The van der Waals surface area contributed by atoms with E-state index in [9.17, 15) is 4.39 Å². The van der Waals surface area contributed by atoms with Crippen molar-refractivity contribution in [2.24, 2.45) is 0 Å². The molecule has 0 amide bonds. The summed E-state index contributed by atoms with van der Waals surface area (Å²) in [4.78, 5) is 0. The van der Waals surface area contributed by atoms with Crippen LogP contribution in [0.15, 0.2) is 48.5 Å². The van der Waals surface area contributed by atoms with Gasteiger partial charge in [0.15, 0.2) is 0 Å². The molecule has 0 spiro atoms. The molecule has 0 aliphatic heterocycles. The van der Waals surface area contributed by atoms with Crippen LogP contribution < -0.4 is 10.1 Å². The lowest BCUT2D eigenvalue weighted by atomic mass is 10.2. The van der Waals surface area contributed by atoms with Gasteiger partial charge in [0.05, 0.1) is 6.10 Å². The number of ether oxygens (including phenoxy) is 2. The van der Waals surface area contributed by atoms with Crippen molar-refractivity contribution in [2.45, 2.75) is 39.5 Å². The van der Waals surface area contributed by atoms with Crippen molar-refractivity contribution in [3.05, 3.63) is 65.5 Å². The Morgan fingerprint density at radius 1 is 1.00 bits per heavy atom. The number of halogens is 2. The van der Waals surface area contributed by atoms with Crippen molar-refractivity contribution >= 4 is 12.4 Å². The van der Waals surface area contributed by atoms with E-state index < -0.39 is 0 Å². The Kier molecular flexibility index (Phi) is 10.2. The fraction of sp³-hybridized carbons (Fsp3) is 0.400. The molecule has 0 atom stereocenters. The first-order valence-electron chi connectivity index (χ1n) is 8.43. The third-order valence-corrected chi connectivity index (χ3v) is 3.58. The van der Waals surface area contributed by atoms with Crippen molar-refractivity contribution in [2.75, 3.05) is 13.2 Å². The Labute approximate surface area is 156 Å². The van der Waals surface area contributed by atoms with Crippen LogP contribution in [-0.2, 0) is 17.9 Å². The Hall–Kier alpha value is -1.62. The standard InChI is InChI=1S/C20H26FNO2.ClH/c1-16(2)23-13-7-12-22-14-17-8-4-6-11-20(17)24-15-18-9-3-5-10-19(18)21;/h3-6,8-11,16,22H,7,12-15H2,1-2H3;1H. The minimum atomic E-state index is -0.238. The molecule has 0 fully saturated rings. The van der Waals surface area contributed by atoms with E-state index in [1.54, 1.807) is 12.1 Å². The molecule has 1 N–H and O–H groups in total. The number of nitrogens with one attached hydrogen (secondary N) is 1. The molecular weight excluding hydrogens is 341 g/mol. The van der Waals surface area contributed by atoms with E-state index in [4.69, 9.17) is 9.47 Å². The van der Waals surface area contributed by atoms with Gasteiger partial charge >= 0.3 is 0 Å². The number of rotatable bonds is 10. The summed E-state index contributed by atoms with van der Waals surface area (Å²) in [6.07, 6.45) is 1.24. The van der Waals surface area contributed by atoms with Crippen LogP contribution in [-0.4, -0.2) is 19.3 Å². The van der Waals surface area contributed by atoms with Crippen molar-refractivity contribution in [1.29, 1.82) is 0 Å². The maximum atomic E-state index is 13.7. The zero-order valence-electron chi connectivity index (χ0n) is 14.8. The molecule has 138 valence electrons. The quantitative estimate of drug-likeness (QED) is 0.616. The average molecular weight is 368 g/mol. The predicted molar refractivity (Wildman–Crippen MR) is 102 cm³/mol. The maximum absolute atomic E-state index is 13.7. The molecule has 2 aromatic rings. The van der Waals surface area contributed by atoms with Gasteiger partial charge in [-0.25, -0.2) is 4.39 Å². The summed E-state index contributed by atoms with van der Waals surface area (Å²) in [6, 6.07) is 14.5. The fourth-order valence-corrected chi connectivity index (χ4v) is 2.30. The van der Waals surface area contributed by atoms with Crippen LogP contribution >= 0.6 is 12.4 Å². The molecule has 0 saturated carbocycles. The van der Waals surface area contributed by atoms with Crippen LogP contribution in [0.3, 0.4) is 0 Å². The number of para-hydroxylation sites is 1. The minimum absolute atomic E-state index is 0. The molecule has 2 aromatic carbocycles. The van der Waals surface area contributed by atoms with Gasteiger partial charge in [0.25, 0.3) is 0 Å². The van der Waals surface area contributed by atoms with Crippen LogP contribution in [0.5, 0.6) is 5.75 Å². The van der Waals surface area contributed by atoms with Crippen LogP contribution in [0.4, 0.5) is 4.39 Å². The van der Waals surface area contributed by atoms with E-state index in [2.05, 4.69) is 5.32 Å². The Bertz CT molecular complexity index is 622. The summed E-state index contributed by atoms with van der Waals surface area (Å²) in [7, 11) is 0. The monoisotopic (exact) mass is 367 g/mol. The summed E-state index contributed by atoms with van der Waals surface area (Å²) < 4.78 is 25.0. The zero-order chi connectivity index (χ0) is 17.2. The fourth-order valence-electron chi connectivity index (χ4n) is 2.30. The molecular formula is C20H27ClFNO2. The second kappa shape index (κ2) is 11.9. The van der Waals surface area contributed by atoms with Gasteiger partial charge in [0.1, 0.15) is 18.2 Å². The van der Waals surface area contributed by atoms with Crippen LogP contribution in [0.1, 0.15) is 31.4 Å². The van der Waals surface area contributed by atoms with Gasteiger partial charge in [-0.1, -0.05) is 36.4 Å². The molecule has 0 aromatic heterocycles. The minimum Gasteiger partial charge on any atom is -0.488 e. The summed E-state index contributed by atoms with van der Waals surface area (Å²) >= 11 is 0. The second-order valence-corrected chi connectivity index (χ2v) is 5.94. The van der Waals surface area contributed by atoms with Crippen LogP contribution in [0.25, 0.3) is 0 Å². The first-order valence-corrected chi connectivity index (χ1v) is 8.43. The average Bonchev–Trinajstić information content (AvgIpc) is 2.58. The van der Waals surface area contributed by atoms with Crippen molar-refractivity contribution in [3.8, 4) is 5.75 Å². The van der Waals surface area contributed by atoms with Crippen molar-refractivity contribution < 1.29 is 13.9 Å². The summed E-state index contributed by atoms with van der Waals surface area (Å²) in [5, 5.41) is 3.39. The highest BCUT2D eigenvalue weighted by atomic mass is 35.5. The molecule has 0 heterocycles. The van der Waals surface area contributed by atoms with Gasteiger partial charge in [-0.15, -0.1) is 12.4 Å². The lowest BCUT2D eigenvalue weighted by molar-refractivity contribution is 0.0770. The Morgan fingerprint density at radius 2 is 1.68 bits per heavy atom. The van der Waals surface area contributed by atoms with Crippen molar-refractivity contribution in [3.63, 3.8) is 0 Å². The van der Waals surface area contributed by atoms with E-state index in [0.717, 1.165) is 37.4 Å². The Balaban J connectivity index is 0.00000312. The first-order chi connectivity index (χ1) is 11.7. The van der Waals surface area contributed by atoms with Gasteiger partial charge in [0.2, 0.25) is 0 Å². The summed E-state index contributed by atoms with van der Waals surface area (Å²) in [5.41, 5.74) is 1.63. The van der Waals surface area contributed by atoms with Gasteiger partial charge < -0.3 is 14.8 Å². The SMILES string of the molecule is CC(C)OCCCNCc1ccccc1OCc1ccccc1F.Cl. The predicted octanol–water partition coefficient (Wildman–Crippen LogP) is 4.73. The zero-order valence-corrected chi connectivity index (χ0v) is 15.7. The van der Waals surface area contributed by atoms with E-state index in [1.807, 2.05) is 44.2 Å². The molecule has 3 nitrogen and oxygen atoms in total. The van der Waals surface area contributed by atoms with Gasteiger partial charge in [0, 0.05) is 24.3 Å². The molecule has 0 aliphatic carbocycles. The number of hydrogen-bond acceptors (Lipinski definition) is 3. The number of benzene rings is 2. The highest BCUT2D eigenvalue weighted by Crippen LogP contribution is 2.20. The smallest absolute Gasteiger partial charge is 0.129 e. The summed E-state index contributed by atoms with van der Waals surface area (Å²) in [6.45, 7) is 6.67. The molecule has 25 heavy (non-hydrogen) atoms. The molecule has 0 unspecified atom stereocenters. The second-order valence-electron chi connectivity index (χ2n) is 5.94. The highest BCUT2D eigenvalue weighted by Gasteiger charge is 2.05. The first kappa shape index (κ1) is 21.4. The van der Waals surface area contributed by atoms with Crippen molar-refractivity contribution in [1.82, 2.24) is 5.32 Å². The van der Waals surface area contributed by atoms with Crippen LogP contribution in [0, 0.1) is 5.82 Å². The Morgan fingerprint density at radius 3 is 2.40 bits per heavy atom. The summed E-state index contributed by atoms with van der Waals surface area (Å²) in [5.74, 6) is 0.546. The van der Waals surface area contributed by atoms with E-state index in [1.165, 1.54) is 6.07 Å². The normalized spacial score (nSPS) is 10.6. The lowest BCUT2D eigenvalue weighted by Gasteiger charge is -2.13. The van der Waals surface area contributed by atoms with E-state index in [0.29, 0.717) is 5.56 Å². The third-order valence-electron chi connectivity index (χ3n) is 3.58. The molecule has 0 aliphatic rings.